The van der Waals surface area contributed by atoms with E-state index in [1.807, 2.05) is 32.9 Å². The summed E-state index contributed by atoms with van der Waals surface area (Å²) in [6.45, 7) is 8.05. The number of benzene rings is 2. The van der Waals surface area contributed by atoms with E-state index in [4.69, 9.17) is 9.47 Å². The predicted octanol–water partition coefficient (Wildman–Crippen LogP) is 7.65. The Labute approximate surface area is 205 Å². The summed E-state index contributed by atoms with van der Waals surface area (Å²) in [5.74, 6) is -0.403. The van der Waals surface area contributed by atoms with Crippen LogP contribution in [-0.4, -0.2) is 18.7 Å². The lowest BCUT2D eigenvalue weighted by Crippen LogP contribution is -2.31. The van der Waals surface area contributed by atoms with Crippen LogP contribution in [0.25, 0.3) is 10.4 Å². The summed E-state index contributed by atoms with van der Waals surface area (Å²) in [6, 6.07) is 17.5. The average Bonchev–Trinajstić information content (AvgIpc) is 3.27. The van der Waals surface area contributed by atoms with E-state index in [2.05, 4.69) is 37.3 Å². The second-order valence-electron chi connectivity index (χ2n) is 10.2. The minimum absolute atomic E-state index is 0.0181. The van der Waals surface area contributed by atoms with Gasteiger partial charge in [0.25, 0.3) is 0 Å². The van der Waals surface area contributed by atoms with E-state index in [0.717, 1.165) is 36.1 Å². The summed E-state index contributed by atoms with van der Waals surface area (Å²) in [5, 5.41) is 0. The summed E-state index contributed by atoms with van der Waals surface area (Å²) in [6.07, 6.45) is 3.74. The van der Waals surface area contributed by atoms with Crippen molar-refractivity contribution in [1.82, 2.24) is 0 Å². The zero-order valence-corrected chi connectivity index (χ0v) is 21.2. The minimum Gasteiger partial charge on any atom is -0.463 e. The predicted molar refractivity (Wildman–Crippen MR) is 136 cm³/mol. The van der Waals surface area contributed by atoms with Crippen molar-refractivity contribution in [3.05, 3.63) is 82.0 Å². The van der Waals surface area contributed by atoms with Gasteiger partial charge in [-0.1, -0.05) is 30.3 Å². The molecule has 0 unspecified atom stereocenters. The van der Waals surface area contributed by atoms with Crippen molar-refractivity contribution in [2.24, 2.45) is 5.41 Å². The molecule has 2 atom stereocenters. The van der Waals surface area contributed by atoms with Gasteiger partial charge in [0.1, 0.15) is 12.4 Å². The molecule has 1 fully saturated rings. The minimum atomic E-state index is -0.502. The molecule has 3 nitrogen and oxygen atoms in total. The molecule has 3 aromatic rings. The topological polar surface area (TPSA) is 35.5 Å². The fourth-order valence-electron chi connectivity index (χ4n) is 4.16. The second-order valence-corrected chi connectivity index (χ2v) is 11.3. The Morgan fingerprint density at radius 1 is 1.09 bits per heavy atom. The fraction of sp³-hybridized carbons (Fsp3) is 0.414. The van der Waals surface area contributed by atoms with Crippen LogP contribution < -0.4 is 0 Å². The molecule has 1 aromatic heterocycles. The maximum atomic E-state index is 13.3. The van der Waals surface area contributed by atoms with Gasteiger partial charge in [0, 0.05) is 16.2 Å². The van der Waals surface area contributed by atoms with E-state index < -0.39 is 5.41 Å². The van der Waals surface area contributed by atoms with Gasteiger partial charge >= 0.3 is 5.97 Å². The zero-order valence-electron chi connectivity index (χ0n) is 20.4. The van der Waals surface area contributed by atoms with Crippen molar-refractivity contribution in [2.45, 2.75) is 65.6 Å². The van der Waals surface area contributed by atoms with Crippen LogP contribution in [0, 0.1) is 18.2 Å². The Kier molecular flexibility index (Phi) is 7.54. The molecule has 0 bridgehead atoms. The van der Waals surface area contributed by atoms with E-state index >= 15 is 0 Å². The summed E-state index contributed by atoms with van der Waals surface area (Å²) in [4.78, 5) is 14.5. The first-order chi connectivity index (χ1) is 16.2. The maximum Gasteiger partial charge on any atom is 0.311 e. The van der Waals surface area contributed by atoms with Gasteiger partial charge in [0.05, 0.1) is 17.6 Å². The van der Waals surface area contributed by atoms with Gasteiger partial charge in [-0.05, 0) is 93.5 Å². The molecule has 2 heterocycles. The second kappa shape index (κ2) is 10.4. The molecule has 0 amide bonds. The summed E-state index contributed by atoms with van der Waals surface area (Å²) < 4.78 is 25.1. The van der Waals surface area contributed by atoms with E-state index in [1.54, 1.807) is 11.3 Å². The standard InChI is InChI=1S/C29H33FO3S/c1-19-8-9-21(26-7-5-6-24(33-26)18-32-28(31)29(2,3)4)16-22(19)17-25-14-15-27(34-25)20-10-12-23(30)13-11-20/h8-16,24,26H,5-7,17-18H2,1-4H3/t24-,26+/m1/s1. The van der Waals surface area contributed by atoms with Crippen LogP contribution in [-0.2, 0) is 20.7 Å². The molecule has 5 heteroatoms. The van der Waals surface area contributed by atoms with Gasteiger partial charge < -0.3 is 9.47 Å². The van der Waals surface area contributed by atoms with Crippen LogP contribution in [0.15, 0.2) is 54.6 Å². The molecule has 0 N–H and O–H groups in total. The molecule has 2 aromatic carbocycles. The lowest BCUT2D eigenvalue weighted by atomic mass is 9.94. The first-order valence-electron chi connectivity index (χ1n) is 12.0. The van der Waals surface area contributed by atoms with Gasteiger partial charge in [0.2, 0.25) is 0 Å². The zero-order chi connectivity index (χ0) is 24.3. The highest BCUT2D eigenvalue weighted by Gasteiger charge is 2.28. The van der Waals surface area contributed by atoms with Crippen molar-refractivity contribution in [1.29, 1.82) is 0 Å². The summed E-state index contributed by atoms with van der Waals surface area (Å²) in [5.41, 5.74) is 4.26. The van der Waals surface area contributed by atoms with Gasteiger partial charge in [-0.25, -0.2) is 4.39 Å². The number of halogens is 1. The molecular weight excluding hydrogens is 447 g/mol. The Hall–Kier alpha value is -2.50. The highest BCUT2D eigenvalue weighted by atomic mass is 32.1. The summed E-state index contributed by atoms with van der Waals surface area (Å²) >= 11 is 1.75. The van der Waals surface area contributed by atoms with Crippen LogP contribution in [0.2, 0.25) is 0 Å². The number of carbonyl (C=O) groups excluding carboxylic acids is 1. The molecule has 0 aliphatic carbocycles. The van der Waals surface area contributed by atoms with Gasteiger partial charge in [-0.15, -0.1) is 11.3 Å². The molecule has 1 saturated heterocycles. The molecule has 34 heavy (non-hydrogen) atoms. The van der Waals surface area contributed by atoms with E-state index in [0.29, 0.717) is 6.61 Å². The number of ether oxygens (including phenoxy) is 2. The molecule has 4 rings (SSSR count). The maximum absolute atomic E-state index is 13.3. The van der Waals surface area contributed by atoms with Crippen LogP contribution in [0.1, 0.15) is 67.7 Å². The number of aryl methyl sites for hydroxylation is 1. The van der Waals surface area contributed by atoms with E-state index in [9.17, 15) is 9.18 Å². The first kappa shape index (κ1) is 24.6. The van der Waals surface area contributed by atoms with Crippen LogP contribution in [0.3, 0.4) is 0 Å². The quantitative estimate of drug-likeness (QED) is 0.340. The molecule has 1 aliphatic rings. The van der Waals surface area contributed by atoms with E-state index in [1.165, 1.54) is 33.7 Å². The van der Waals surface area contributed by atoms with Crippen molar-refractivity contribution < 1.29 is 18.7 Å². The first-order valence-corrected chi connectivity index (χ1v) is 12.8. The van der Waals surface area contributed by atoms with Gasteiger partial charge in [-0.2, -0.15) is 0 Å². The highest BCUT2D eigenvalue weighted by molar-refractivity contribution is 7.15. The smallest absolute Gasteiger partial charge is 0.311 e. The average molecular weight is 481 g/mol. The number of hydrogen-bond donors (Lipinski definition) is 0. The summed E-state index contributed by atoms with van der Waals surface area (Å²) in [7, 11) is 0. The third kappa shape index (κ3) is 6.13. The Morgan fingerprint density at radius 3 is 2.59 bits per heavy atom. The number of thiophene rings is 1. The number of hydrogen-bond acceptors (Lipinski definition) is 4. The molecule has 0 spiro atoms. The van der Waals surface area contributed by atoms with Gasteiger partial charge in [0.15, 0.2) is 0 Å². The fourth-order valence-corrected chi connectivity index (χ4v) is 5.20. The third-order valence-electron chi connectivity index (χ3n) is 6.26. The van der Waals surface area contributed by atoms with Crippen LogP contribution >= 0.6 is 11.3 Å². The number of carbonyl (C=O) groups is 1. The normalized spacial score (nSPS) is 18.6. The van der Waals surface area contributed by atoms with Crippen molar-refractivity contribution in [2.75, 3.05) is 6.61 Å². The SMILES string of the molecule is Cc1ccc([C@@H]2CCC[C@H](COC(=O)C(C)(C)C)O2)cc1Cc1ccc(-c2ccc(F)cc2)s1. The van der Waals surface area contributed by atoms with Crippen molar-refractivity contribution >= 4 is 17.3 Å². The largest absolute Gasteiger partial charge is 0.463 e. The number of esters is 1. The molecule has 180 valence electrons. The van der Waals surface area contributed by atoms with Crippen molar-refractivity contribution in [3.63, 3.8) is 0 Å². The molecular formula is C29H33FO3S. The Balaban J connectivity index is 1.43. The lowest BCUT2D eigenvalue weighted by Gasteiger charge is -2.31. The van der Waals surface area contributed by atoms with Gasteiger partial charge in [-0.3, -0.25) is 4.79 Å². The Morgan fingerprint density at radius 2 is 1.85 bits per heavy atom. The van der Waals surface area contributed by atoms with Crippen molar-refractivity contribution in [3.8, 4) is 10.4 Å². The monoisotopic (exact) mass is 480 g/mol. The number of rotatable bonds is 6. The molecule has 0 radical (unpaired) electrons. The molecule has 1 aliphatic heterocycles. The lowest BCUT2D eigenvalue weighted by molar-refractivity contribution is -0.161. The molecule has 0 saturated carbocycles. The third-order valence-corrected chi connectivity index (χ3v) is 7.40. The van der Waals surface area contributed by atoms with Crippen LogP contribution in [0.4, 0.5) is 4.39 Å². The highest BCUT2D eigenvalue weighted by Crippen LogP contribution is 2.34. The Bertz CT molecular complexity index is 1130. The van der Waals surface area contributed by atoms with Crippen LogP contribution in [0.5, 0.6) is 0 Å². The van der Waals surface area contributed by atoms with E-state index in [-0.39, 0.29) is 24.0 Å².